The van der Waals surface area contributed by atoms with Crippen molar-refractivity contribution in [2.45, 2.75) is 36.7 Å². The van der Waals surface area contributed by atoms with Gasteiger partial charge in [-0.3, -0.25) is 14.9 Å². The molecule has 1 fully saturated rings. The van der Waals surface area contributed by atoms with Crippen molar-refractivity contribution in [3.8, 4) is 0 Å². The van der Waals surface area contributed by atoms with Gasteiger partial charge in [0.15, 0.2) is 4.90 Å². The molecule has 3 aromatic carbocycles. The number of hydrogen-bond acceptors (Lipinski definition) is 7. The van der Waals surface area contributed by atoms with Gasteiger partial charge in [0.1, 0.15) is 12.1 Å². The number of hydrogen-bond donors (Lipinski definition) is 0. The smallest absolute Gasteiger partial charge is 0.328 e. The summed E-state index contributed by atoms with van der Waals surface area (Å²) in [4.78, 5) is 38.0. The van der Waals surface area contributed by atoms with Crippen LogP contribution in [0.2, 0.25) is 0 Å². The first-order valence-electron chi connectivity index (χ1n) is 11.8. The zero-order valence-corrected chi connectivity index (χ0v) is 21.3. The molecule has 1 heterocycles. The van der Waals surface area contributed by atoms with E-state index in [0.717, 1.165) is 32.8 Å². The number of methoxy groups -OCH3 is 1. The van der Waals surface area contributed by atoms with Gasteiger partial charge in [0, 0.05) is 25.6 Å². The number of para-hydroxylation sites is 1. The number of nitrogens with zero attached hydrogens (tertiary/aromatic N) is 3. The first-order chi connectivity index (χ1) is 17.7. The molecule has 0 bridgehead atoms. The number of amides is 1. The number of carbonyl (C=O) groups is 2. The second kappa shape index (κ2) is 10.7. The molecule has 1 aliphatic rings. The number of ether oxygens (including phenoxy) is 1. The van der Waals surface area contributed by atoms with E-state index in [1.807, 2.05) is 42.5 Å². The number of benzene rings is 3. The van der Waals surface area contributed by atoms with Crippen LogP contribution < -0.4 is 0 Å². The van der Waals surface area contributed by atoms with Crippen molar-refractivity contribution in [1.29, 1.82) is 0 Å². The van der Waals surface area contributed by atoms with Crippen molar-refractivity contribution < 1.29 is 27.7 Å². The van der Waals surface area contributed by atoms with Crippen molar-refractivity contribution in [3.63, 3.8) is 0 Å². The highest BCUT2D eigenvalue weighted by molar-refractivity contribution is 7.89. The van der Waals surface area contributed by atoms with Crippen molar-refractivity contribution in [3.05, 3.63) is 82.4 Å². The summed E-state index contributed by atoms with van der Waals surface area (Å²) >= 11 is 0. The highest BCUT2D eigenvalue weighted by Gasteiger charge is 2.45. The lowest BCUT2D eigenvalue weighted by atomic mass is 9.99. The molecular weight excluding hydrogens is 498 g/mol. The molecule has 37 heavy (non-hydrogen) atoms. The second-order valence-corrected chi connectivity index (χ2v) is 10.6. The van der Waals surface area contributed by atoms with Crippen molar-refractivity contribution >= 4 is 38.4 Å². The standard InChI is InChI=1S/C26H27N3O7S/c1-3-21-25(30)27(14-15-28(21)37(34,35)24-11-7-6-10-22(24)29(32)33)23(26(31)36-2)17-18-12-13-19-8-4-5-9-20(19)16-18/h4-13,16,21,23H,3,14-15,17H2,1-2H3/t21-,23-/m0/s1. The quantitative estimate of drug-likeness (QED) is 0.251. The summed E-state index contributed by atoms with van der Waals surface area (Å²) in [6, 6.07) is 16.5. The third kappa shape index (κ3) is 5.05. The SMILES string of the molecule is CC[C@H]1C(=O)N([C@@H](Cc2ccc3ccccc3c2)C(=O)OC)CCN1S(=O)(=O)c1ccccc1[N+](=O)[O-]. The van der Waals surface area contributed by atoms with Crippen molar-refractivity contribution in [2.75, 3.05) is 20.2 Å². The molecule has 2 atom stereocenters. The van der Waals surface area contributed by atoms with E-state index in [9.17, 15) is 28.1 Å². The molecule has 0 radical (unpaired) electrons. The molecule has 4 rings (SSSR count). The predicted molar refractivity (Wildman–Crippen MR) is 136 cm³/mol. The van der Waals surface area contributed by atoms with Gasteiger partial charge in [-0.2, -0.15) is 4.31 Å². The average Bonchev–Trinajstić information content (AvgIpc) is 2.91. The number of nitro groups is 1. The topological polar surface area (TPSA) is 127 Å². The molecule has 10 nitrogen and oxygen atoms in total. The van der Waals surface area contributed by atoms with Gasteiger partial charge < -0.3 is 9.64 Å². The van der Waals surface area contributed by atoms with Crippen LogP contribution in [-0.4, -0.2) is 66.7 Å². The fourth-order valence-electron chi connectivity index (χ4n) is 4.76. The predicted octanol–water partition coefficient (Wildman–Crippen LogP) is 3.14. The van der Waals surface area contributed by atoms with Crippen LogP contribution in [0.25, 0.3) is 10.8 Å². The largest absolute Gasteiger partial charge is 0.467 e. The Morgan fingerprint density at radius 1 is 1.08 bits per heavy atom. The number of nitro benzene ring substituents is 1. The summed E-state index contributed by atoms with van der Waals surface area (Å²) < 4.78 is 32.9. The lowest BCUT2D eigenvalue weighted by molar-refractivity contribution is -0.387. The van der Waals surface area contributed by atoms with Crippen molar-refractivity contribution in [1.82, 2.24) is 9.21 Å². The molecular formula is C26H27N3O7S. The molecule has 1 aliphatic heterocycles. The fourth-order valence-corrected chi connectivity index (χ4v) is 6.57. The average molecular weight is 526 g/mol. The van der Waals surface area contributed by atoms with E-state index in [1.54, 1.807) is 6.92 Å². The summed E-state index contributed by atoms with van der Waals surface area (Å²) in [6.07, 6.45) is 0.315. The second-order valence-electron chi connectivity index (χ2n) is 8.72. The van der Waals surface area contributed by atoms with Gasteiger partial charge in [-0.1, -0.05) is 61.5 Å². The fraction of sp³-hybridized carbons (Fsp3) is 0.308. The molecule has 0 aliphatic carbocycles. The summed E-state index contributed by atoms with van der Waals surface area (Å²) in [6.45, 7) is 1.47. The molecule has 1 saturated heterocycles. The summed E-state index contributed by atoms with van der Waals surface area (Å²) in [7, 11) is -3.12. The first kappa shape index (κ1) is 26.2. The maximum atomic E-state index is 13.6. The summed E-state index contributed by atoms with van der Waals surface area (Å²) in [5.74, 6) is -1.15. The van der Waals surface area contributed by atoms with Gasteiger partial charge in [-0.05, 0) is 28.8 Å². The molecule has 194 valence electrons. The number of sulfonamides is 1. The summed E-state index contributed by atoms with van der Waals surface area (Å²) in [5, 5.41) is 13.5. The van der Waals surface area contributed by atoms with Crippen LogP contribution in [0, 0.1) is 10.1 Å². The van der Waals surface area contributed by atoms with Gasteiger partial charge in [0.2, 0.25) is 5.91 Å². The third-order valence-electron chi connectivity index (χ3n) is 6.60. The van der Waals surface area contributed by atoms with E-state index in [4.69, 9.17) is 4.74 Å². The van der Waals surface area contributed by atoms with E-state index in [0.29, 0.717) is 0 Å². The number of fused-ring (bicyclic) bond motifs is 1. The van der Waals surface area contributed by atoms with Gasteiger partial charge in [-0.15, -0.1) is 0 Å². The van der Waals surface area contributed by atoms with E-state index < -0.39 is 49.5 Å². The van der Waals surface area contributed by atoms with Crippen LogP contribution in [-0.2, 0) is 30.8 Å². The van der Waals surface area contributed by atoms with Gasteiger partial charge in [0.25, 0.3) is 15.7 Å². The summed E-state index contributed by atoms with van der Waals surface area (Å²) in [5.41, 5.74) is 0.265. The normalized spacial score (nSPS) is 17.5. The number of carbonyl (C=O) groups excluding carboxylic acids is 2. The number of piperazine rings is 1. The van der Waals surface area contributed by atoms with Crippen LogP contribution in [0.1, 0.15) is 18.9 Å². The Morgan fingerprint density at radius 2 is 1.76 bits per heavy atom. The highest BCUT2D eigenvalue weighted by atomic mass is 32.2. The van der Waals surface area contributed by atoms with Crippen LogP contribution in [0.4, 0.5) is 5.69 Å². The molecule has 0 unspecified atom stereocenters. The maximum absolute atomic E-state index is 13.6. The number of esters is 1. The first-order valence-corrected chi connectivity index (χ1v) is 13.2. The Bertz CT molecular complexity index is 1460. The molecule has 0 N–H and O–H groups in total. The monoisotopic (exact) mass is 525 g/mol. The minimum absolute atomic E-state index is 0.0669. The maximum Gasteiger partial charge on any atom is 0.328 e. The lowest BCUT2D eigenvalue weighted by Gasteiger charge is -2.42. The van der Waals surface area contributed by atoms with E-state index in [-0.39, 0.29) is 25.9 Å². The third-order valence-corrected chi connectivity index (χ3v) is 8.56. The zero-order valence-electron chi connectivity index (χ0n) is 20.4. The van der Waals surface area contributed by atoms with Crippen LogP contribution in [0.15, 0.2) is 71.6 Å². The Labute approximate surface area is 214 Å². The van der Waals surface area contributed by atoms with Gasteiger partial charge >= 0.3 is 5.97 Å². The van der Waals surface area contributed by atoms with E-state index >= 15 is 0 Å². The van der Waals surface area contributed by atoms with Gasteiger partial charge in [0.05, 0.1) is 12.0 Å². The molecule has 11 heteroatoms. The minimum atomic E-state index is -4.36. The van der Waals surface area contributed by atoms with Crippen LogP contribution >= 0.6 is 0 Å². The minimum Gasteiger partial charge on any atom is -0.467 e. The Balaban J connectivity index is 1.65. The molecule has 3 aromatic rings. The van der Waals surface area contributed by atoms with E-state index in [2.05, 4.69) is 0 Å². The zero-order chi connectivity index (χ0) is 26.7. The highest BCUT2D eigenvalue weighted by Crippen LogP contribution is 2.31. The molecule has 0 saturated carbocycles. The lowest BCUT2D eigenvalue weighted by Crippen LogP contribution is -2.62. The van der Waals surface area contributed by atoms with Gasteiger partial charge in [-0.25, -0.2) is 13.2 Å². The molecule has 0 aromatic heterocycles. The van der Waals surface area contributed by atoms with Crippen LogP contribution in [0.5, 0.6) is 0 Å². The molecule has 0 spiro atoms. The Kier molecular flexibility index (Phi) is 7.55. The van der Waals surface area contributed by atoms with Crippen LogP contribution in [0.3, 0.4) is 0 Å². The number of rotatable bonds is 8. The van der Waals surface area contributed by atoms with Crippen molar-refractivity contribution in [2.24, 2.45) is 0 Å². The molecule has 1 amide bonds. The Morgan fingerprint density at radius 3 is 2.43 bits per heavy atom. The Hall–Kier alpha value is -3.83. The van der Waals surface area contributed by atoms with E-state index in [1.165, 1.54) is 24.1 Å².